The maximum atomic E-state index is 4.92. The molecule has 7 rings (SSSR count). The number of hydrogen-bond acceptors (Lipinski definition) is 1. The average molecular weight is 419 g/mol. The number of aryl methyl sites for hydroxylation is 3. The van der Waals surface area contributed by atoms with Crippen molar-refractivity contribution in [3.05, 3.63) is 65.5 Å². The zero-order valence-electron chi connectivity index (χ0n) is 19.1. The standard InChI is InChI=1S/C29H28N3/c1-17-12-22-21-10-6-7-11-24(21)32-25-15-20(13-19-8-4-5-9-19)14-23-27(25)29(31(3)16-30-23)26(18(17)2)28(22)32/h6-7,10-12,14-16,19H,4-5,8-9,13H2,1-3H3/q+1. The van der Waals surface area contributed by atoms with E-state index in [9.17, 15) is 0 Å². The van der Waals surface area contributed by atoms with Gasteiger partial charge < -0.3 is 4.40 Å². The molecule has 3 aromatic heterocycles. The molecule has 0 saturated heterocycles. The van der Waals surface area contributed by atoms with Crippen molar-refractivity contribution in [2.24, 2.45) is 13.0 Å². The second-order valence-corrected chi connectivity index (χ2v) is 10.0. The highest BCUT2D eigenvalue weighted by Crippen LogP contribution is 2.42. The van der Waals surface area contributed by atoms with Crippen LogP contribution < -0.4 is 4.57 Å². The molecule has 3 nitrogen and oxygen atoms in total. The first-order chi connectivity index (χ1) is 15.6. The number of rotatable bonds is 2. The molecule has 0 atom stereocenters. The van der Waals surface area contributed by atoms with E-state index in [1.807, 2.05) is 6.33 Å². The van der Waals surface area contributed by atoms with Gasteiger partial charge in [0.05, 0.1) is 34.4 Å². The Morgan fingerprint density at radius 3 is 2.62 bits per heavy atom. The summed E-state index contributed by atoms with van der Waals surface area (Å²) in [7, 11) is 2.14. The first-order valence-electron chi connectivity index (χ1n) is 12.0. The maximum absolute atomic E-state index is 4.92. The first kappa shape index (κ1) is 18.4. The van der Waals surface area contributed by atoms with Crippen LogP contribution in [0.1, 0.15) is 42.4 Å². The number of benzene rings is 3. The molecule has 0 bridgehead atoms. The minimum Gasteiger partial charge on any atom is -0.308 e. The highest BCUT2D eigenvalue weighted by molar-refractivity contribution is 6.25. The van der Waals surface area contributed by atoms with E-state index in [4.69, 9.17) is 4.98 Å². The lowest BCUT2D eigenvalue weighted by molar-refractivity contribution is -0.646. The Morgan fingerprint density at radius 1 is 0.969 bits per heavy atom. The van der Waals surface area contributed by atoms with E-state index in [0.717, 1.165) is 11.4 Å². The molecule has 0 N–H and O–H groups in total. The summed E-state index contributed by atoms with van der Waals surface area (Å²) in [6.45, 7) is 4.52. The van der Waals surface area contributed by atoms with Gasteiger partial charge >= 0.3 is 0 Å². The van der Waals surface area contributed by atoms with Gasteiger partial charge in [0.1, 0.15) is 5.52 Å². The van der Waals surface area contributed by atoms with Gasteiger partial charge in [-0.15, -0.1) is 0 Å². The Kier molecular flexibility index (Phi) is 3.68. The van der Waals surface area contributed by atoms with E-state index in [1.165, 1.54) is 92.4 Å². The monoisotopic (exact) mass is 418 g/mol. The quantitative estimate of drug-likeness (QED) is 0.177. The van der Waals surface area contributed by atoms with Gasteiger partial charge in [-0.3, -0.25) is 0 Å². The molecule has 1 fully saturated rings. The fourth-order valence-corrected chi connectivity index (χ4v) is 6.44. The fraction of sp³-hybridized carbons (Fsp3) is 0.310. The average Bonchev–Trinajstić information content (AvgIpc) is 3.42. The zero-order valence-corrected chi connectivity index (χ0v) is 19.1. The summed E-state index contributed by atoms with van der Waals surface area (Å²) in [4.78, 5) is 4.92. The van der Waals surface area contributed by atoms with Crippen LogP contribution in [0.3, 0.4) is 0 Å². The number of pyridine rings is 1. The molecule has 1 saturated carbocycles. The third-order valence-electron chi connectivity index (χ3n) is 8.07. The molecule has 3 aromatic carbocycles. The van der Waals surface area contributed by atoms with E-state index < -0.39 is 0 Å². The van der Waals surface area contributed by atoms with Crippen molar-refractivity contribution in [1.82, 2.24) is 9.38 Å². The Hall–Kier alpha value is -3.20. The van der Waals surface area contributed by atoms with Crippen molar-refractivity contribution < 1.29 is 4.57 Å². The number of nitrogens with zero attached hydrogens (tertiary/aromatic N) is 3. The van der Waals surface area contributed by atoms with Crippen LogP contribution in [0, 0.1) is 19.8 Å². The summed E-state index contributed by atoms with van der Waals surface area (Å²) in [5.41, 5.74) is 10.5. The zero-order chi connectivity index (χ0) is 21.6. The summed E-state index contributed by atoms with van der Waals surface area (Å²) in [5, 5.41) is 5.34. The van der Waals surface area contributed by atoms with E-state index in [-0.39, 0.29) is 0 Å². The minimum atomic E-state index is 0.820. The molecule has 1 aliphatic rings. The summed E-state index contributed by atoms with van der Waals surface area (Å²) in [6, 6.07) is 16.1. The van der Waals surface area contributed by atoms with Crippen molar-refractivity contribution in [2.45, 2.75) is 46.0 Å². The molecule has 0 amide bonds. The minimum absolute atomic E-state index is 0.820. The number of aromatic nitrogens is 3. The summed E-state index contributed by atoms with van der Waals surface area (Å²) in [6.07, 6.45) is 8.69. The van der Waals surface area contributed by atoms with Gasteiger partial charge in [-0.2, -0.15) is 0 Å². The lowest BCUT2D eigenvalue weighted by Crippen LogP contribution is -2.30. The first-order valence-corrected chi connectivity index (χ1v) is 12.0. The van der Waals surface area contributed by atoms with Crippen LogP contribution in [-0.2, 0) is 13.5 Å². The topological polar surface area (TPSA) is 21.2 Å². The van der Waals surface area contributed by atoms with Gasteiger partial charge in [0.2, 0.25) is 0 Å². The highest BCUT2D eigenvalue weighted by Gasteiger charge is 2.25. The molecule has 1 aliphatic carbocycles. The van der Waals surface area contributed by atoms with Crippen molar-refractivity contribution in [1.29, 1.82) is 0 Å². The van der Waals surface area contributed by atoms with Crippen LogP contribution >= 0.6 is 0 Å². The molecule has 0 radical (unpaired) electrons. The molecule has 6 aromatic rings. The van der Waals surface area contributed by atoms with Gasteiger partial charge in [-0.05, 0) is 72.1 Å². The summed E-state index contributed by atoms with van der Waals surface area (Å²) >= 11 is 0. The molecule has 0 spiro atoms. The normalized spacial score (nSPS) is 15.5. The van der Waals surface area contributed by atoms with Crippen molar-refractivity contribution in [3.8, 4) is 0 Å². The predicted octanol–water partition coefficient (Wildman–Crippen LogP) is 6.56. The predicted molar refractivity (Wildman–Crippen MR) is 133 cm³/mol. The molecule has 3 heterocycles. The van der Waals surface area contributed by atoms with Crippen LogP contribution in [0.15, 0.2) is 48.8 Å². The van der Waals surface area contributed by atoms with Gasteiger partial charge in [0.25, 0.3) is 6.33 Å². The summed E-state index contributed by atoms with van der Waals surface area (Å²) < 4.78 is 4.76. The van der Waals surface area contributed by atoms with Crippen molar-refractivity contribution in [2.75, 3.05) is 0 Å². The molecule has 0 unspecified atom stereocenters. The Labute approximate surface area is 187 Å². The third-order valence-corrected chi connectivity index (χ3v) is 8.07. The van der Waals surface area contributed by atoms with Crippen LogP contribution in [-0.4, -0.2) is 9.38 Å². The molecular formula is C29H28N3+. The van der Waals surface area contributed by atoms with E-state index in [0.29, 0.717) is 0 Å². The SMILES string of the molecule is Cc1cc2c3ccccc3n3c4cc(CC5CCCC5)cc5nc[n+](C)c(c(c1C)c23)c54. The van der Waals surface area contributed by atoms with E-state index in [2.05, 4.69) is 72.3 Å². The molecule has 158 valence electrons. The lowest BCUT2D eigenvalue weighted by atomic mass is 9.94. The largest absolute Gasteiger partial charge is 0.308 e. The fourth-order valence-electron chi connectivity index (χ4n) is 6.44. The highest BCUT2D eigenvalue weighted by atomic mass is 15.0. The van der Waals surface area contributed by atoms with Crippen molar-refractivity contribution in [3.63, 3.8) is 0 Å². The van der Waals surface area contributed by atoms with Gasteiger partial charge in [-0.1, -0.05) is 43.9 Å². The Balaban J connectivity index is 1.75. The maximum Gasteiger partial charge on any atom is 0.287 e. The van der Waals surface area contributed by atoms with Gasteiger partial charge in [-0.25, -0.2) is 4.57 Å². The van der Waals surface area contributed by atoms with Crippen LogP contribution in [0.2, 0.25) is 0 Å². The summed E-state index contributed by atoms with van der Waals surface area (Å²) in [5.74, 6) is 0.820. The molecule has 32 heavy (non-hydrogen) atoms. The second-order valence-electron chi connectivity index (χ2n) is 10.0. The number of hydrogen-bond donors (Lipinski definition) is 0. The van der Waals surface area contributed by atoms with Crippen LogP contribution in [0.4, 0.5) is 0 Å². The number of para-hydroxylation sites is 1. The smallest absolute Gasteiger partial charge is 0.287 e. The van der Waals surface area contributed by atoms with E-state index >= 15 is 0 Å². The lowest BCUT2D eigenvalue weighted by Gasteiger charge is -2.16. The van der Waals surface area contributed by atoms with Gasteiger partial charge in [0, 0.05) is 10.8 Å². The molecule has 0 aliphatic heterocycles. The molecule has 3 heteroatoms. The number of fused-ring (bicyclic) bond motifs is 5. The van der Waals surface area contributed by atoms with Crippen LogP contribution in [0.5, 0.6) is 0 Å². The van der Waals surface area contributed by atoms with Gasteiger partial charge in [0.15, 0.2) is 5.52 Å². The third kappa shape index (κ3) is 2.31. The van der Waals surface area contributed by atoms with E-state index in [1.54, 1.807) is 0 Å². The Morgan fingerprint density at radius 2 is 1.78 bits per heavy atom. The van der Waals surface area contributed by atoms with Crippen LogP contribution in [0.25, 0.3) is 49.1 Å². The molecular weight excluding hydrogens is 390 g/mol. The Bertz CT molecular complexity index is 1680. The van der Waals surface area contributed by atoms with Crippen molar-refractivity contribution >= 4 is 49.1 Å². The second kappa shape index (κ2) is 6.41.